The van der Waals surface area contributed by atoms with E-state index in [-0.39, 0.29) is 42.5 Å². The lowest BCUT2D eigenvalue weighted by Gasteiger charge is -2.51. The Hall–Kier alpha value is -5.37. The van der Waals surface area contributed by atoms with E-state index in [1.54, 1.807) is 11.1 Å². The molecule has 4 aromatic rings. The minimum absolute atomic E-state index is 0.0695. The molecule has 2 aliphatic heterocycles. The van der Waals surface area contributed by atoms with Crippen LogP contribution in [0.15, 0.2) is 65.8 Å². The molecule has 0 bridgehead atoms. The molecular formula is C30H23F2N5O7. The normalized spacial score (nSPS) is 18.2. The van der Waals surface area contributed by atoms with Gasteiger partial charge in [-0.3, -0.25) is 29.2 Å². The summed E-state index contributed by atoms with van der Waals surface area (Å²) in [5, 5.41) is 1.77. The lowest BCUT2D eigenvalue weighted by atomic mass is 9.92. The van der Waals surface area contributed by atoms with Crippen LogP contribution in [0.2, 0.25) is 0 Å². The molecular weight excluding hydrogens is 580 g/mol. The van der Waals surface area contributed by atoms with E-state index in [0.717, 1.165) is 13.2 Å². The summed E-state index contributed by atoms with van der Waals surface area (Å²) in [6.45, 7) is -0.236. The predicted molar refractivity (Wildman–Crippen MR) is 148 cm³/mol. The van der Waals surface area contributed by atoms with E-state index in [9.17, 15) is 18.8 Å². The molecule has 1 fully saturated rings. The van der Waals surface area contributed by atoms with Gasteiger partial charge in [0.1, 0.15) is 6.17 Å². The summed E-state index contributed by atoms with van der Waals surface area (Å²) in [7, 11) is 1.11. The number of carbonyl (C=O) groups is 2. The van der Waals surface area contributed by atoms with Crippen LogP contribution in [0.25, 0.3) is 22.5 Å². The zero-order valence-corrected chi connectivity index (χ0v) is 23.1. The number of hydrogen-bond acceptors (Lipinski definition) is 10. The zero-order valence-electron chi connectivity index (χ0n) is 23.1. The van der Waals surface area contributed by atoms with Crippen LogP contribution in [0.1, 0.15) is 27.7 Å². The van der Waals surface area contributed by atoms with E-state index in [2.05, 4.69) is 14.7 Å². The molecule has 2 aromatic carbocycles. The minimum Gasteiger partial charge on any atom is -0.451 e. The highest BCUT2D eigenvalue weighted by molar-refractivity contribution is 5.97. The lowest BCUT2D eigenvalue weighted by molar-refractivity contribution is -0.0208. The molecule has 0 N–H and O–H groups in total. The Morgan fingerprint density at radius 1 is 1.05 bits per heavy atom. The smallest absolute Gasteiger partial charge is 0.451 e. The van der Waals surface area contributed by atoms with Gasteiger partial charge < -0.3 is 23.8 Å². The first-order valence-electron chi connectivity index (χ1n) is 13.6. The molecule has 1 aliphatic carbocycles. The molecule has 44 heavy (non-hydrogen) atoms. The second-order valence-electron chi connectivity index (χ2n) is 10.1. The maximum atomic E-state index is 15.9. The van der Waals surface area contributed by atoms with E-state index in [1.807, 2.05) is 18.2 Å². The molecule has 4 heterocycles. The average Bonchev–Trinajstić information content (AvgIpc) is 3.17. The van der Waals surface area contributed by atoms with Gasteiger partial charge in [0.05, 0.1) is 37.8 Å². The number of fused-ring (bicyclic) bond motifs is 7. The standard InChI is InChI=1S/C30H23F2N5O7/c1-41-30(40)44-15-43-28-20(38)8-11-36-27(28)29(39)35-12-13-42-14-21(35)37(36)26-17-5-3-2-4-16(17)24-25(34-10-9-33-24)22-18(26)6-7-19(31)23(22)32/h2-11,21,26H,12-15H2,1H3. The predicted octanol–water partition coefficient (Wildman–Crippen LogP) is 3.22. The number of amides is 1. The van der Waals surface area contributed by atoms with Crippen molar-refractivity contribution in [2.75, 3.05) is 38.7 Å². The summed E-state index contributed by atoms with van der Waals surface area (Å²) in [4.78, 5) is 49.0. The van der Waals surface area contributed by atoms with Crippen LogP contribution in [0.3, 0.4) is 0 Å². The number of benzene rings is 2. The monoisotopic (exact) mass is 603 g/mol. The van der Waals surface area contributed by atoms with Gasteiger partial charge in [-0.25, -0.2) is 13.6 Å². The van der Waals surface area contributed by atoms with Crippen LogP contribution < -0.4 is 15.2 Å². The second kappa shape index (κ2) is 10.7. The highest BCUT2D eigenvalue weighted by atomic mass is 19.2. The third-order valence-corrected chi connectivity index (χ3v) is 7.83. The van der Waals surface area contributed by atoms with Crippen molar-refractivity contribution in [3.05, 3.63) is 99.7 Å². The number of carbonyl (C=O) groups excluding carboxylic acids is 2. The van der Waals surface area contributed by atoms with E-state index < -0.39 is 48.1 Å². The number of methoxy groups -OCH3 is 1. The molecule has 2 atom stereocenters. The first kappa shape index (κ1) is 27.5. The molecule has 0 radical (unpaired) electrons. The molecule has 2 unspecified atom stereocenters. The van der Waals surface area contributed by atoms with Crippen molar-refractivity contribution in [2.24, 2.45) is 0 Å². The van der Waals surface area contributed by atoms with Crippen molar-refractivity contribution >= 4 is 12.1 Å². The summed E-state index contributed by atoms with van der Waals surface area (Å²) in [6, 6.07) is 10.1. The molecule has 1 saturated heterocycles. The van der Waals surface area contributed by atoms with Gasteiger partial charge in [-0.15, -0.1) is 0 Å². The van der Waals surface area contributed by atoms with Gasteiger partial charge in [0.15, 0.2) is 17.3 Å². The van der Waals surface area contributed by atoms with E-state index in [0.29, 0.717) is 22.4 Å². The van der Waals surface area contributed by atoms with Crippen LogP contribution in [0, 0.1) is 11.6 Å². The van der Waals surface area contributed by atoms with Crippen molar-refractivity contribution in [1.82, 2.24) is 19.5 Å². The number of hydrogen-bond donors (Lipinski definition) is 0. The fourth-order valence-corrected chi connectivity index (χ4v) is 6.01. The van der Waals surface area contributed by atoms with Crippen molar-refractivity contribution in [1.29, 1.82) is 0 Å². The highest BCUT2D eigenvalue weighted by Crippen LogP contribution is 2.47. The average molecular weight is 604 g/mol. The van der Waals surface area contributed by atoms with Crippen LogP contribution >= 0.6 is 0 Å². The van der Waals surface area contributed by atoms with Gasteiger partial charge in [-0.2, -0.15) is 0 Å². The third-order valence-electron chi connectivity index (χ3n) is 7.83. The Labute approximate surface area is 247 Å². The molecule has 14 heteroatoms. The van der Waals surface area contributed by atoms with Crippen LogP contribution in [0.4, 0.5) is 13.6 Å². The Balaban J connectivity index is 1.51. The molecule has 2 aromatic heterocycles. The zero-order chi connectivity index (χ0) is 30.5. The number of nitrogens with zero attached hydrogens (tertiary/aromatic N) is 5. The molecule has 12 nitrogen and oxygen atoms in total. The van der Waals surface area contributed by atoms with E-state index >= 15 is 4.39 Å². The number of aromatic nitrogens is 3. The van der Waals surface area contributed by atoms with Crippen molar-refractivity contribution < 1.29 is 37.3 Å². The molecule has 0 saturated carbocycles. The van der Waals surface area contributed by atoms with Crippen molar-refractivity contribution in [3.63, 3.8) is 0 Å². The first-order valence-corrected chi connectivity index (χ1v) is 13.6. The fraction of sp³-hybridized carbons (Fsp3) is 0.233. The number of halogens is 2. The summed E-state index contributed by atoms with van der Waals surface area (Å²) >= 11 is 0. The number of ether oxygens (including phenoxy) is 4. The Morgan fingerprint density at radius 3 is 2.66 bits per heavy atom. The minimum atomic E-state index is -1.10. The highest BCUT2D eigenvalue weighted by Gasteiger charge is 2.47. The topological polar surface area (TPSA) is 125 Å². The summed E-state index contributed by atoms with van der Waals surface area (Å²) in [6.07, 6.45) is 2.51. The lowest BCUT2D eigenvalue weighted by Crippen LogP contribution is -2.66. The molecule has 7 rings (SSSR count). The van der Waals surface area contributed by atoms with E-state index in [4.69, 9.17) is 14.2 Å². The van der Waals surface area contributed by atoms with Gasteiger partial charge in [-0.1, -0.05) is 30.3 Å². The van der Waals surface area contributed by atoms with Gasteiger partial charge in [0, 0.05) is 42.3 Å². The van der Waals surface area contributed by atoms with Crippen LogP contribution in [-0.2, 0) is 14.2 Å². The van der Waals surface area contributed by atoms with Gasteiger partial charge >= 0.3 is 6.16 Å². The quantitative estimate of drug-likeness (QED) is 0.254. The van der Waals surface area contributed by atoms with Gasteiger partial charge in [0.2, 0.25) is 18.0 Å². The number of pyridine rings is 1. The molecule has 0 spiro atoms. The molecule has 3 aliphatic rings. The molecule has 224 valence electrons. The van der Waals surface area contributed by atoms with Crippen molar-refractivity contribution in [2.45, 2.75) is 12.2 Å². The van der Waals surface area contributed by atoms with E-state index in [1.165, 1.54) is 40.3 Å². The maximum absolute atomic E-state index is 15.9. The summed E-state index contributed by atoms with van der Waals surface area (Å²) in [5.41, 5.74) is 1.25. The summed E-state index contributed by atoms with van der Waals surface area (Å²) in [5.74, 6) is -3.06. The van der Waals surface area contributed by atoms with Gasteiger partial charge in [-0.05, 0) is 17.2 Å². The SMILES string of the molecule is COC(=O)OCOc1c2n(ccc1=O)N(C1c3ccccc3-c3nccnc3-c3c1ccc(F)c3F)C1COCCN1C2=O. The molecule has 1 amide bonds. The first-order chi connectivity index (χ1) is 21.4. The maximum Gasteiger partial charge on any atom is 0.510 e. The third kappa shape index (κ3) is 4.17. The van der Waals surface area contributed by atoms with Crippen molar-refractivity contribution in [3.8, 4) is 28.3 Å². The van der Waals surface area contributed by atoms with Crippen LogP contribution in [0.5, 0.6) is 5.75 Å². The number of morpholine rings is 1. The Bertz CT molecular complexity index is 1880. The van der Waals surface area contributed by atoms with Gasteiger partial charge in [0.25, 0.3) is 5.91 Å². The fourth-order valence-electron chi connectivity index (χ4n) is 6.01. The second-order valence-corrected chi connectivity index (χ2v) is 10.1. The summed E-state index contributed by atoms with van der Waals surface area (Å²) < 4.78 is 52.9. The largest absolute Gasteiger partial charge is 0.510 e. The Morgan fingerprint density at radius 2 is 1.84 bits per heavy atom. The van der Waals surface area contributed by atoms with Crippen LogP contribution in [-0.4, -0.2) is 71.4 Å². The number of rotatable bonds is 4. The Kier molecular flexibility index (Phi) is 6.69.